The van der Waals surface area contributed by atoms with E-state index in [9.17, 15) is 19.2 Å². The van der Waals surface area contributed by atoms with Gasteiger partial charge < -0.3 is 34.4 Å². The molecule has 1 aromatic heterocycles. The van der Waals surface area contributed by atoms with Gasteiger partial charge in [-0.15, -0.1) is 0 Å². The van der Waals surface area contributed by atoms with Gasteiger partial charge in [0.05, 0.1) is 27.9 Å². The third-order valence-electron chi connectivity index (χ3n) is 4.48. The molecule has 4 amide bonds. The van der Waals surface area contributed by atoms with Crippen molar-refractivity contribution in [1.82, 2.24) is 10.2 Å². The maximum Gasteiger partial charge on any atom is 0.373 e. The highest BCUT2D eigenvalue weighted by molar-refractivity contribution is 6.13. The van der Waals surface area contributed by atoms with Crippen LogP contribution in [-0.4, -0.2) is 56.7 Å². The Morgan fingerprint density at radius 2 is 1.79 bits per heavy atom. The molecule has 2 heterocycles. The van der Waals surface area contributed by atoms with Crippen molar-refractivity contribution in [3.63, 3.8) is 0 Å². The summed E-state index contributed by atoms with van der Waals surface area (Å²) in [6.07, 6.45) is 1.42. The summed E-state index contributed by atoms with van der Waals surface area (Å²) in [4.78, 5) is 48.6. The van der Waals surface area contributed by atoms with Crippen molar-refractivity contribution in [2.45, 2.75) is 6.54 Å². The zero-order valence-corrected chi connectivity index (χ0v) is 18.0. The van der Waals surface area contributed by atoms with Gasteiger partial charge in [0.15, 0.2) is 18.1 Å². The molecular weight excluding hydrogens is 438 g/mol. The number of hydrogen-bond donors (Lipinski definition) is 2. The molecule has 1 aliphatic heterocycles. The van der Waals surface area contributed by atoms with Crippen molar-refractivity contribution in [2.75, 3.05) is 27.9 Å². The van der Waals surface area contributed by atoms with E-state index in [2.05, 4.69) is 10.1 Å². The maximum absolute atomic E-state index is 12.8. The molecule has 12 heteroatoms. The molecule has 174 valence electrons. The van der Waals surface area contributed by atoms with E-state index in [-0.39, 0.29) is 47.6 Å². The molecule has 2 aromatic rings. The lowest BCUT2D eigenvalue weighted by atomic mass is 10.1. The minimum atomic E-state index is -0.681. The lowest BCUT2D eigenvalue weighted by Crippen LogP contribution is -2.30. The number of urea groups is 1. The molecule has 1 fully saturated rings. The molecule has 1 saturated heterocycles. The van der Waals surface area contributed by atoms with E-state index in [4.69, 9.17) is 24.4 Å². The van der Waals surface area contributed by atoms with Gasteiger partial charge in [0.1, 0.15) is 11.5 Å². The number of furan rings is 1. The predicted octanol–water partition coefficient (Wildman–Crippen LogP) is 1.04. The average Bonchev–Trinajstić information content (AvgIpc) is 3.37. The number of carbonyl (C=O) groups is 4. The summed E-state index contributed by atoms with van der Waals surface area (Å²) in [5, 5.41) is 2.48. The Morgan fingerprint density at radius 1 is 1.12 bits per heavy atom. The normalized spacial score (nSPS) is 14.3. The Bertz CT molecular complexity index is 1110. The highest BCUT2D eigenvalue weighted by atomic mass is 16.5. The van der Waals surface area contributed by atoms with E-state index < -0.39 is 23.8 Å². The van der Waals surface area contributed by atoms with Crippen molar-refractivity contribution in [2.24, 2.45) is 5.73 Å². The Kier molecular flexibility index (Phi) is 6.86. The molecule has 3 rings (SSSR count). The number of methoxy groups -OCH3 is 3. The van der Waals surface area contributed by atoms with Crippen LogP contribution in [0.1, 0.15) is 21.9 Å². The van der Waals surface area contributed by atoms with Gasteiger partial charge in [0.25, 0.3) is 11.8 Å². The molecule has 1 aliphatic rings. The molecule has 3 N–H and O–H groups in total. The van der Waals surface area contributed by atoms with E-state index >= 15 is 0 Å². The number of primary amides is 1. The fourth-order valence-corrected chi connectivity index (χ4v) is 2.98. The Balaban J connectivity index is 1.84. The number of nitrogens with one attached hydrogen (secondary N) is 1. The standard InChI is InChI=1S/C21H21N3O9/c1-29-15-7-11(8-16(30-2)18(15)32-10-17(22)25)6-13-19(26)24(21(28)23-13)9-12-4-5-14(33-12)20(27)31-3/h4-8H,9-10H2,1-3H3,(H2,22,25)(H,23,28). The number of rotatable bonds is 9. The second-order valence-electron chi connectivity index (χ2n) is 6.65. The fourth-order valence-electron chi connectivity index (χ4n) is 2.98. The number of benzene rings is 1. The van der Waals surface area contributed by atoms with Gasteiger partial charge in [-0.1, -0.05) is 0 Å². The van der Waals surface area contributed by atoms with Crippen molar-refractivity contribution in [3.05, 3.63) is 47.0 Å². The van der Waals surface area contributed by atoms with Crippen LogP contribution in [0.5, 0.6) is 17.2 Å². The van der Waals surface area contributed by atoms with Gasteiger partial charge in [0.2, 0.25) is 11.5 Å². The van der Waals surface area contributed by atoms with Crippen LogP contribution < -0.4 is 25.3 Å². The lowest BCUT2D eigenvalue weighted by Gasteiger charge is -2.14. The summed E-state index contributed by atoms with van der Waals surface area (Å²) >= 11 is 0. The van der Waals surface area contributed by atoms with E-state index in [1.165, 1.54) is 51.7 Å². The van der Waals surface area contributed by atoms with Gasteiger partial charge in [-0.05, 0) is 35.9 Å². The Hall–Kier alpha value is -4.48. The second kappa shape index (κ2) is 9.77. The lowest BCUT2D eigenvalue weighted by molar-refractivity contribution is -0.123. The van der Waals surface area contributed by atoms with Crippen LogP contribution in [0.3, 0.4) is 0 Å². The Labute approximate surface area is 187 Å². The third kappa shape index (κ3) is 5.06. The van der Waals surface area contributed by atoms with Crippen molar-refractivity contribution >= 4 is 29.9 Å². The summed E-state index contributed by atoms with van der Waals surface area (Å²) in [6, 6.07) is 5.25. The number of nitrogens with zero attached hydrogens (tertiary/aromatic N) is 1. The quantitative estimate of drug-likeness (QED) is 0.317. The molecule has 0 unspecified atom stereocenters. The number of hydrogen-bond acceptors (Lipinski definition) is 9. The summed E-state index contributed by atoms with van der Waals surface area (Å²) in [6.45, 7) is -0.577. The van der Waals surface area contributed by atoms with Crippen LogP contribution in [0.2, 0.25) is 0 Å². The number of imide groups is 1. The van der Waals surface area contributed by atoms with Gasteiger partial charge >= 0.3 is 12.0 Å². The first-order valence-corrected chi connectivity index (χ1v) is 9.46. The van der Waals surface area contributed by atoms with E-state index in [0.29, 0.717) is 5.56 Å². The van der Waals surface area contributed by atoms with Gasteiger partial charge in [0, 0.05) is 0 Å². The molecule has 0 atom stereocenters. The van der Waals surface area contributed by atoms with Gasteiger partial charge in [-0.25, -0.2) is 9.59 Å². The molecule has 33 heavy (non-hydrogen) atoms. The van der Waals surface area contributed by atoms with Crippen molar-refractivity contribution < 1.29 is 42.5 Å². The number of amides is 4. The first kappa shape index (κ1) is 23.2. The van der Waals surface area contributed by atoms with Crippen LogP contribution in [0, 0.1) is 0 Å². The fraction of sp³-hybridized carbons (Fsp3) is 0.238. The van der Waals surface area contributed by atoms with Crippen LogP contribution >= 0.6 is 0 Å². The number of nitrogens with two attached hydrogens (primary N) is 1. The summed E-state index contributed by atoms with van der Waals surface area (Å²) in [5.74, 6) is -1.19. The van der Waals surface area contributed by atoms with E-state index in [1.54, 1.807) is 0 Å². The van der Waals surface area contributed by atoms with Gasteiger partial charge in [-0.2, -0.15) is 0 Å². The van der Waals surface area contributed by atoms with Crippen molar-refractivity contribution in [3.8, 4) is 17.2 Å². The largest absolute Gasteiger partial charge is 0.493 e. The molecule has 0 aliphatic carbocycles. The van der Waals surface area contributed by atoms with Crippen LogP contribution in [0.15, 0.2) is 34.4 Å². The monoisotopic (exact) mass is 459 g/mol. The predicted molar refractivity (Wildman–Crippen MR) is 111 cm³/mol. The molecule has 0 bridgehead atoms. The molecule has 12 nitrogen and oxygen atoms in total. The van der Waals surface area contributed by atoms with Crippen LogP contribution in [-0.2, 0) is 20.9 Å². The second-order valence-corrected chi connectivity index (χ2v) is 6.65. The molecule has 0 spiro atoms. The summed E-state index contributed by atoms with van der Waals surface area (Å²) in [7, 11) is 3.98. The topological polar surface area (TPSA) is 160 Å². The number of ether oxygens (including phenoxy) is 4. The Morgan fingerprint density at radius 3 is 2.36 bits per heavy atom. The van der Waals surface area contributed by atoms with Crippen LogP contribution in [0.25, 0.3) is 6.08 Å². The molecule has 0 radical (unpaired) electrons. The van der Waals surface area contributed by atoms with E-state index in [0.717, 1.165) is 4.90 Å². The number of esters is 1. The maximum atomic E-state index is 12.8. The minimum Gasteiger partial charge on any atom is -0.493 e. The zero-order valence-electron chi connectivity index (χ0n) is 18.0. The third-order valence-corrected chi connectivity index (χ3v) is 4.48. The molecular formula is C21H21N3O9. The summed E-state index contributed by atoms with van der Waals surface area (Å²) in [5.41, 5.74) is 5.56. The average molecular weight is 459 g/mol. The smallest absolute Gasteiger partial charge is 0.373 e. The highest BCUT2D eigenvalue weighted by Gasteiger charge is 2.34. The first-order valence-electron chi connectivity index (χ1n) is 9.46. The highest BCUT2D eigenvalue weighted by Crippen LogP contribution is 2.39. The first-order chi connectivity index (χ1) is 15.8. The van der Waals surface area contributed by atoms with Gasteiger partial charge in [-0.3, -0.25) is 14.5 Å². The SMILES string of the molecule is COC(=O)c1ccc(CN2C(=O)NC(=Cc3cc(OC)c(OCC(N)=O)c(OC)c3)C2=O)o1. The van der Waals surface area contributed by atoms with Crippen molar-refractivity contribution in [1.29, 1.82) is 0 Å². The number of carbonyl (C=O) groups excluding carboxylic acids is 4. The minimum absolute atomic E-state index is 0.00495. The molecule has 1 aromatic carbocycles. The van der Waals surface area contributed by atoms with E-state index in [1.807, 2.05) is 0 Å². The molecule has 0 saturated carbocycles. The van der Waals surface area contributed by atoms with Crippen LogP contribution in [0.4, 0.5) is 4.79 Å². The summed E-state index contributed by atoms with van der Waals surface area (Å²) < 4.78 is 25.8. The zero-order chi connectivity index (χ0) is 24.1.